The highest BCUT2D eigenvalue weighted by Gasteiger charge is 2.42. The Hall–Kier alpha value is -3.38. The molecule has 6 heteroatoms. The zero-order chi connectivity index (χ0) is 28.0. The molecule has 2 aliphatic carbocycles. The van der Waals surface area contributed by atoms with Crippen LogP contribution in [0.15, 0.2) is 75.5 Å². The molecule has 0 bridgehead atoms. The summed E-state index contributed by atoms with van der Waals surface area (Å²) in [5.74, 6) is 1.14. The average Bonchev–Trinajstić information content (AvgIpc) is 2.94. The second kappa shape index (κ2) is 10.9. The number of ketones is 2. The normalized spacial score (nSPS) is 17.9. The first-order chi connectivity index (χ1) is 19.4. The van der Waals surface area contributed by atoms with Gasteiger partial charge >= 0.3 is 0 Å². The molecule has 40 heavy (non-hydrogen) atoms. The van der Waals surface area contributed by atoms with Crippen molar-refractivity contribution >= 4 is 38.3 Å². The predicted octanol–water partition coefficient (Wildman–Crippen LogP) is 7.93. The van der Waals surface area contributed by atoms with Gasteiger partial charge in [0.15, 0.2) is 23.1 Å². The molecule has 3 aliphatic rings. The van der Waals surface area contributed by atoms with Crippen LogP contribution in [0.4, 0.5) is 0 Å². The number of fused-ring (bicyclic) bond motifs is 1. The second-order valence-corrected chi connectivity index (χ2v) is 11.8. The van der Waals surface area contributed by atoms with Crippen molar-refractivity contribution < 1.29 is 19.1 Å². The van der Waals surface area contributed by atoms with E-state index in [9.17, 15) is 9.59 Å². The summed E-state index contributed by atoms with van der Waals surface area (Å²) in [5.41, 5.74) is 6.88. The quantitative estimate of drug-likeness (QED) is 0.288. The van der Waals surface area contributed by atoms with Crippen LogP contribution in [0.25, 0.3) is 10.8 Å². The highest BCUT2D eigenvalue weighted by atomic mass is 79.9. The van der Waals surface area contributed by atoms with E-state index in [2.05, 4.69) is 52.0 Å². The van der Waals surface area contributed by atoms with Crippen molar-refractivity contribution in [1.29, 1.82) is 0 Å². The summed E-state index contributed by atoms with van der Waals surface area (Å²) in [6.45, 7) is 4.91. The molecule has 0 N–H and O–H groups in total. The number of hydrogen-bond acceptors (Lipinski definition) is 5. The highest BCUT2D eigenvalue weighted by molar-refractivity contribution is 9.10. The summed E-state index contributed by atoms with van der Waals surface area (Å²) in [4.78, 5) is 29.0. The van der Waals surface area contributed by atoms with Crippen LogP contribution >= 0.6 is 15.9 Å². The van der Waals surface area contributed by atoms with Crippen LogP contribution in [0.2, 0.25) is 0 Å². The van der Waals surface area contributed by atoms with Gasteiger partial charge in [0.25, 0.3) is 0 Å². The van der Waals surface area contributed by atoms with Crippen molar-refractivity contribution in [3.8, 4) is 11.5 Å². The van der Waals surface area contributed by atoms with Crippen molar-refractivity contribution in [1.82, 2.24) is 4.90 Å². The van der Waals surface area contributed by atoms with Crippen LogP contribution in [0.3, 0.4) is 0 Å². The van der Waals surface area contributed by atoms with Crippen molar-refractivity contribution in [2.24, 2.45) is 0 Å². The predicted molar refractivity (Wildman–Crippen MR) is 161 cm³/mol. The Kier molecular flexibility index (Phi) is 7.30. The van der Waals surface area contributed by atoms with Crippen LogP contribution in [-0.4, -0.2) is 30.1 Å². The van der Waals surface area contributed by atoms with Crippen molar-refractivity contribution in [3.05, 3.63) is 92.2 Å². The van der Waals surface area contributed by atoms with E-state index < -0.39 is 0 Å². The molecule has 0 saturated carbocycles. The fourth-order valence-electron chi connectivity index (χ4n) is 6.62. The molecule has 0 aromatic heterocycles. The summed E-state index contributed by atoms with van der Waals surface area (Å²) >= 11 is 3.78. The summed E-state index contributed by atoms with van der Waals surface area (Å²) in [7, 11) is 2.02. The smallest absolute Gasteiger partial charge is 0.175 e. The fourth-order valence-corrected chi connectivity index (χ4v) is 7.20. The Morgan fingerprint density at radius 3 is 2.25 bits per heavy atom. The number of hydrogen-bond donors (Lipinski definition) is 0. The molecule has 206 valence electrons. The summed E-state index contributed by atoms with van der Waals surface area (Å²) in [6, 6.07) is 16.6. The minimum absolute atomic E-state index is 0.142. The topological polar surface area (TPSA) is 55.8 Å². The van der Waals surface area contributed by atoms with Crippen LogP contribution in [0.1, 0.15) is 68.1 Å². The summed E-state index contributed by atoms with van der Waals surface area (Å²) in [5, 5.41) is 2.35. The number of benzene rings is 3. The summed E-state index contributed by atoms with van der Waals surface area (Å²) < 4.78 is 13.4. The third-order valence-electron chi connectivity index (χ3n) is 8.55. The minimum Gasteiger partial charge on any atom is -0.490 e. The first-order valence-electron chi connectivity index (χ1n) is 14.2. The van der Waals surface area contributed by atoms with E-state index >= 15 is 0 Å². The maximum Gasteiger partial charge on any atom is 0.175 e. The Bertz CT molecular complexity index is 1560. The second-order valence-electron chi connectivity index (χ2n) is 10.9. The lowest BCUT2D eigenvalue weighted by atomic mass is 9.71. The minimum atomic E-state index is -0.383. The van der Waals surface area contributed by atoms with E-state index in [0.717, 1.165) is 63.8 Å². The van der Waals surface area contributed by atoms with Gasteiger partial charge in [-0.25, -0.2) is 0 Å². The lowest BCUT2D eigenvalue weighted by Gasteiger charge is -2.42. The SMILES string of the molecule is CCOc1cc(C2C3=C(CCCC3=O)N(C)C3=C2C(=O)CCC3)cc(Br)c1OCc1c(C)ccc2ccccc12. The molecule has 0 radical (unpaired) electrons. The average molecular weight is 601 g/mol. The van der Waals surface area contributed by atoms with E-state index in [4.69, 9.17) is 9.47 Å². The van der Waals surface area contributed by atoms with Crippen molar-refractivity contribution in [2.45, 2.75) is 64.9 Å². The van der Waals surface area contributed by atoms with Gasteiger partial charge in [0.1, 0.15) is 6.61 Å². The number of allylic oxidation sites excluding steroid dienone is 4. The van der Waals surface area contributed by atoms with Gasteiger partial charge in [-0.2, -0.15) is 0 Å². The molecule has 1 aliphatic heterocycles. The summed E-state index contributed by atoms with van der Waals surface area (Å²) in [6.07, 6.45) is 4.43. The lowest BCUT2D eigenvalue weighted by Crippen LogP contribution is -2.37. The monoisotopic (exact) mass is 599 g/mol. The van der Waals surface area contributed by atoms with Crippen molar-refractivity contribution in [3.63, 3.8) is 0 Å². The Balaban J connectivity index is 1.44. The molecule has 0 unspecified atom stereocenters. The number of halogens is 1. The highest BCUT2D eigenvalue weighted by Crippen LogP contribution is 2.50. The zero-order valence-corrected chi connectivity index (χ0v) is 24.9. The number of carbonyl (C=O) groups excluding carboxylic acids is 2. The van der Waals surface area contributed by atoms with Gasteiger partial charge in [-0.1, -0.05) is 36.4 Å². The largest absolute Gasteiger partial charge is 0.490 e. The number of ether oxygens (including phenoxy) is 2. The number of nitrogens with zero attached hydrogens (tertiary/aromatic N) is 1. The first kappa shape index (κ1) is 26.8. The molecule has 0 atom stereocenters. The Labute approximate surface area is 244 Å². The first-order valence-corrected chi connectivity index (χ1v) is 15.0. The molecule has 6 rings (SSSR count). The van der Waals surface area contributed by atoms with E-state index in [1.54, 1.807) is 0 Å². The van der Waals surface area contributed by atoms with Crippen molar-refractivity contribution in [2.75, 3.05) is 13.7 Å². The number of Topliss-reactive ketones (excluding diaryl/α,β-unsaturated/α-hetero) is 2. The van der Waals surface area contributed by atoms with Gasteiger partial charge < -0.3 is 14.4 Å². The lowest BCUT2D eigenvalue weighted by molar-refractivity contribution is -0.117. The van der Waals surface area contributed by atoms with Crippen LogP contribution in [-0.2, 0) is 16.2 Å². The molecule has 3 aromatic rings. The van der Waals surface area contributed by atoms with Gasteiger partial charge in [-0.15, -0.1) is 0 Å². The van der Waals surface area contributed by atoms with Gasteiger partial charge in [-0.05, 0) is 89.5 Å². The van der Waals surface area contributed by atoms with Crippen LogP contribution in [0, 0.1) is 6.92 Å². The molecular weight excluding hydrogens is 566 g/mol. The van der Waals surface area contributed by atoms with E-state index in [0.29, 0.717) is 37.6 Å². The zero-order valence-electron chi connectivity index (χ0n) is 23.3. The van der Waals surface area contributed by atoms with Crippen LogP contribution in [0.5, 0.6) is 11.5 Å². The number of rotatable bonds is 6. The third-order valence-corrected chi connectivity index (χ3v) is 9.13. The Morgan fingerprint density at radius 1 is 0.900 bits per heavy atom. The maximum absolute atomic E-state index is 13.4. The van der Waals surface area contributed by atoms with Gasteiger partial charge in [0.2, 0.25) is 0 Å². The van der Waals surface area contributed by atoms with Gasteiger partial charge in [0.05, 0.1) is 11.1 Å². The van der Waals surface area contributed by atoms with Crippen LogP contribution < -0.4 is 9.47 Å². The van der Waals surface area contributed by atoms with E-state index in [1.165, 1.54) is 16.3 Å². The number of carbonyl (C=O) groups is 2. The van der Waals surface area contributed by atoms with E-state index in [-0.39, 0.29) is 17.5 Å². The molecule has 0 saturated heterocycles. The number of aryl methyl sites for hydroxylation is 1. The molecule has 3 aromatic carbocycles. The third kappa shape index (κ3) is 4.56. The van der Waals surface area contributed by atoms with Gasteiger partial charge in [-0.3, -0.25) is 9.59 Å². The molecule has 0 amide bonds. The molecule has 0 fully saturated rings. The van der Waals surface area contributed by atoms with Gasteiger partial charge in [0, 0.05) is 53.9 Å². The Morgan fingerprint density at radius 2 is 1.57 bits per heavy atom. The standard InChI is InChI=1S/C34H34BrNO4/c1-4-39-30-18-22(17-25(35)34(30)40-19-24-20(2)15-16-21-9-5-6-10-23(21)24)31-32-26(11-7-13-28(32)37)36(3)27-12-8-14-29(38)33(27)31/h5-6,9-10,15-18,31H,4,7-8,11-14,19H2,1-3H3. The molecule has 0 spiro atoms. The van der Waals surface area contributed by atoms with E-state index in [1.807, 2.05) is 38.2 Å². The maximum atomic E-state index is 13.4. The molecule has 1 heterocycles. The molecule has 5 nitrogen and oxygen atoms in total. The fraction of sp³-hybridized carbons (Fsp3) is 0.353. The molecular formula is C34H34BrNO4.